The molecule has 28 heavy (non-hydrogen) atoms. The second kappa shape index (κ2) is 10.2. The Morgan fingerprint density at radius 1 is 1.25 bits per heavy atom. The number of hydrogen-bond acceptors (Lipinski definition) is 5. The number of carbonyl (C=O) groups excluding carboxylic acids is 2. The Morgan fingerprint density at radius 2 is 1.86 bits per heavy atom. The molecule has 0 aliphatic carbocycles. The summed E-state index contributed by atoms with van der Waals surface area (Å²) in [6, 6.07) is 5.48. The Bertz CT molecular complexity index is 779. The average molecular weight is 432 g/mol. The Kier molecular flexibility index (Phi) is 8.26. The minimum atomic E-state index is -3.15. The number of amides is 2. The van der Waals surface area contributed by atoms with Crippen molar-refractivity contribution < 1.29 is 22.4 Å². The van der Waals surface area contributed by atoms with Gasteiger partial charge in [-0.1, -0.05) is 0 Å². The van der Waals surface area contributed by atoms with E-state index in [1.54, 1.807) is 6.92 Å². The lowest BCUT2D eigenvalue weighted by Crippen LogP contribution is -2.42. The minimum Gasteiger partial charge on any atom is -0.355 e. The summed E-state index contributed by atoms with van der Waals surface area (Å²) in [7, 11) is -3.15. The van der Waals surface area contributed by atoms with Crippen molar-refractivity contribution in [3.63, 3.8) is 0 Å². The summed E-state index contributed by atoms with van der Waals surface area (Å²) in [4.78, 5) is 24.1. The SMILES string of the molecule is CC(SCC(=O)Nc1ccc(F)cc1)C(=O)NCC1CCN(S(C)(=O)=O)CC1. The molecule has 0 bridgehead atoms. The highest BCUT2D eigenvalue weighted by molar-refractivity contribution is 8.01. The van der Waals surface area contributed by atoms with Gasteiger partial charge in [-0.15, -0.1) is 11.8 Å². The molecule has 1 aliphatic heterocycles. The van der Waals surface area contributed by atoms with Gasteiger partial charge >= 0.3 is 0 Å². The van der Waals surface area contributed by atoms with Crippen LogP contribution >= 0.6 is 11.8 Å². The maximum Gasteiger partial charge on any atom is 0.234 e. The fourth-order valence-corrected chi connectivity index (χ4v) is 4.42. The van der Waals surface area contributed by atoms with E-state index < -0.39 is 15.3 Å². The third kappa shape index (κ3) is 7.40. The predicted molar refractivity (Wildman–Crippen MR) is 109 cm³/mol. The zero-order valence-corrected chi connectivity index (χ0v) is 17.6. The molecule has 0 radical (unpaired) electrons. The summed E-state index contributed by atoms with van der Waals surface area (Å²) in [5.41, 5.74) is 0.504. The van der Waals surface area contributed by atoms with E-state index in [1.807, 2.05) is 0 Å². The first-order valence-electron chi connectivity index (χ1n) is 9.05. The molecule has 1 aromatic rings. The zero-order chi connectivity index (χ0) is 20.7. The highest BCUT2D eigenvalue weighted by Gasteiger charge is 2.25. The normalized spacial score (nSPS) is 17.1. The summed E-state index contributed by atoms with van der Waals surface area (Å²) in [6.07, 6.45) is 2.64. The van der Waals surface area contributed by atoms with Crippen LogP contribution in [0.4, 0.5) is 10.1 Å². The van der Waals surface area contributed by atoms with Crippen LogP contribution < -0.4 is 10.6 Å². The van der Waals surface area contributed by atoms with Crippen LogP contribution in [0.1, 0.15) is 19.8 Å². The smallest absolute Gasteiger partial charge is 0.234 e. The van der Waals surface area contributed by atoms with Crippen molar-refractivity contribution >= 4 is 39.3 Å². The van der Waals surface area contributed by atoms with Crippen molar-refractivity contribution in [1.29, 1.82) is 0 Å². The van der Waals surface area contributed by atoms with Crippen LogP contribution in [0.2, 0.25) is 0 Å². The van der Waals surface area contributed by atoms with Crippen molar-refractivity contribution in [2.75, 3.05) is 37.0 Å². The largest absolute Gasteiger partial charge is 0.355 e. The van der Waals surface area contributed by atoms with E-state index in [9.17, 15) is 22.4 Å². The van der Waals surface area contributed by atoms with E-state index in [1.165, 1.54) is 46.6 Å². The lowest BCUT2D eigenvalue weighted by Gasteiger charge is -2.30. The number of nitrogens with zero attached hydrogens (tertiary/aromatic N) is 1. The molecule has 156 valence electrons. The fourth-order valence-electron chi connectivity index (χ4n) is 2.84. The van der Waals surface area contributed by atoms with Gasteiger partial charge in [-0.2, -0.15) is 0 Å². The van der Waals surface area contributed by atoms with E-state index in [-0.39, 0.29) is 29.3 Å². The summed E-state index contributed by atoms with van der Waals surface area (Å²) >= 11 is 1.22. The molecule has 1 atom stereocenters. The van der Waals surface area contributed by atoms with Crippen LogP contribution in [0.25, 0.3) is 0 Å². The molecule has 0 saturated carbocycles. The van der Waals surface area contributed by atoms with Gasteiger partial charge < -0.3 is 10.6 Å². The lowest BCUT2D eigenvalue weighted by atomic mass is 9.98. The van der Waals surface area contributed by atoms with Crippen molar-refractivity contribution in [2.24, 2.45) is 5.92 Å². The van der Waals surface area contributed by atoms with Gasteiger partial charge in [-0.25, -0.2) is 17.1 Å². The molecule has 2 amide bonds. The molecular weight excluding hydrogens is 405 g/mol. The van der Waals surface area contributed by atoms with Gasteiger partial charge in [-0.05, 0) is 49.9 Å². The molecule has 2 rings (SSSR count). The second-order valence-electron chi connectivity index (χ2n) is 6.86. The monoisotopic (exact) mass is 431 g/mol. The van der Waals surface area contributed by atoms with Gasteiger partial charge in [0.15, 0.2) is 0 Å². The number of halogens is 1. The topological polar surface area (TPSA) is 95.6 Å². The summed E-state index contributed by atoms with van der Waals surface area (Å²) in [6.45, 7) is 3.20. The van der Waals surface area contributed by atoms with Crippen LogP contribution in [0.5, 0.6) is 0 Å². The van der Waals surface area contributed by atoms with E-state index in [2.05, 4.69) is 10.6 Å². The number of sulfonamides is 1. The first-order chi connectivity index (χ1) is 13.1. The van der Waals surface area contributed by atoms with Crippen LogP contribution in [0.15, 0.2) is 24.3 Å². The number of thioether (sulfide) groups is 1. The van der Waals surface area contributed by atoms with Crippen LogP contribution in [0.3, 0.4) is 0 Å². The molecule has 1 unspecified atom stereocenters. The fraction of sp³-hybridized carbons (Fsp3) is 0.556. The van der Waals surface area contributed by atoms with Gasteiger partial charge in [0.1, 0.15) is 5.82 Å². The molecule has 7 nitrogen and oxygen atoms in total. The first-order valence-corrected chi connectivity index (χ1v) is 11.9. The van der Waals surface area contributed by atoms with Gasteiger partial charge in [0.2, 0.25) is 21.8 Å². The Hall–Kier alpha value is -1.65. The minimum absolute atomic E-state index is 0.110. The Balaban J connectivity index is 1.66. The van der Waals surface area contributed by atoms with E-state index in [4.69, 9.17) is 0 Å². The maximum atomic E-state index is 12.9. The number of anilines is 1. The summed E-state index contributed by atoms with van der Waals surface area (Å²) in [5.74, 6) is -0.422. The number of piperidine rings is 1. The number of nitrogens with one attached hydrogen (secondary N) is 2. The zero-order valence-electron chi connectivity index (χ0n) is 16.0. The highest BCUT2D eigenvalue weighted by Crippen LogP contribution is 2.19. The molecule has 1 fully saturated rings. The Morgan fingerprint density at radius 3 is 2.43 bits per heavy atom. The van der Waals surface area contributed by atoms with Crippen molar-refractivity contribution in [3.8, 4) is 0 Å². The molecule has 1 aromatic carbocycles. The third-order valence-corrected chi connectivity index (χ3v) is 7.02. The number of rotatable bonds is 8. The predicted octanol–water partition coefficient (Wildman–Crippen LogP) is 1.67. The standard InChI is InChI=1S/C18H26FN3O4S2/c1-13(27-12-17(23)21-16-5-3-15(19)4-6-16)18(24)20-11-14-7-9-22(10-8-14)28(2,25)26/h3-6,13-14H,7-12H2,1-2H3,(H,20,24)(H,21,23). The number of hydrogen-bond donors (Lipinski definition) is 2. The average Bonchev–Trinajstić information content (AvgIpc) is 2.65. The highest BCUT2D eigenvalue weighted by atomic mass is 32.2. The quantitative estimate of drug-likeness (QED) is 0.653. The molecule has 0 aromatic heterocycles. The third-order valence-electron chi connectivity index (χ3n) is 4.57. The molecule has 0 spiro atoms. The van der Waals surface area contributed by atoms with Gasteiger partial charge in [0.05, 0.1) is 17.3 Å². The van der Waals surface area contributed by atoms with Crippen LogP contribution in [-0.4, -0.2) is 61.4 Å². The molecule has 2 N–H and O–H groups in total. The van der Waals surface area contributed by atoms with E-state index in [0.29, 0.717) is 25.3 Å². The van der Waals surface area contributed by atoms with E-state index >= 15 is 0 Å². The van der Waals surface area contributed by atoms with Gasteiger partial charge in [0.25, 0.3) is 0 Å². The van der Waals surface area contributed by atoms with E-state index in [0.717, 1.165) is 12.8 Å². The van der Waals surface area contributed by atoms with Crippen LogP contribution in [0, 0.1) is 11.7 Å². The second-order valence-corrected chi connectivity index (χ2v) is 10.2. The number of carbonyl (C=O) groups is 2. The van der Waals surface area contributed by atoms with Gasteiger partial charge in [-0.3, -0.25) is 9.59 Å². The summed E-state index contributed by atoms with van der Waals surface area (Å²) in [5, 5.41) is 5.14. The molecule has 1 saturated heterocycles. The Labute approximate surface area is 169 Å². The van der Waals surface area contributed by atoms with Gasteiger partial charge in [0, 0.05) is 25.3 Å². The molecule has 1 heterocycles. The molecule has 10 heteroatoms. The van der Waals surface area contributed by atoms with Crippen molar-refractivity contribution in [3.05, 3.63) is 30.1 Å². The number of benzene rings is 1. The van der Waals surface area contributed by atoms with Crippen molar-refractivity contribution in [2.45, 2.75) is 25.0 Å². The molecule has 1 aliphatic rings. The molecular formula is C18H26FN3O4S2. The first kappa shape index (κ1) is 22.6. The summed E-state index contributed by atoms with van der Waals surface area (Å²) < 4.78 is 37.3. The van der Waals surface area contributed by atoms with Crippen molar-refractivity contribution in [1.82, 2.24) is 9.62 Å². The van der Waals surface area contributed by atoms with Crippen LogP contribution in [-0.2, 0) is 19.6 Å². The lowest BCUT2D eigenvalue weighted by molar-refractivity contribution is -0.120. The maximum absolute atomic E-state index is 12.9.